The van der Waals surface area contributed by atoms with Crippen molar-refractivity contribution < 1.29 is 0 Å². The van der Waals surface area contributed by atoms with Crippen molar-refractivity contribution in [3.05, 3.63) is 33.9 Å². The van der Waals surface area contributed by atoms with E-state index in [0.717, 1.165) is 16.9 Å². The Morgan fingerprint density at radius 2 is 2.00 bits per heavy atom. The molecule has 0 fully saturated rings. The summed E-state index contributed by atoms with van der Waals surface area (Å²) in [4.78, 5) is 13.7. The van der Waals surface area contributed by atoms with Crippen LogP contribution in [0.25, 0.3) is 5.65 Å². The lowest BCUT2D eigenvalue weighted by Gasteiger charge is -1.90. The van der Waals surface area contributed by atoms with Crippen LogP contribution in [-0.4, -0.2) is 14.6 Å². The molecule has 0 saturated heterocycles. The monoisotopic (exact) mass is 193 g/mol. The lowest BCUT2D eigenvalue weighted by molar-refractivity contribution is 0.910. The number of rotatable bonds is 0. The molecule has 0 radical (unpaired) electrons. The second-order valence-electron chi connectivity index (χ2n) is 2.81. The van der Waals surface area contributed by atoms with Crippen LogP contribution < -0.4 is 5.56 Å². The standard InChI is InChI=1S/C8H9N3O.C2H6/c1-5-6(2)10-11-4-3-7(12)9-8(5)11;1-2/h3-4H,1-2H3,(H,9,12);1-2H3. The number of aryl methyl sites for hydroxylation is 2. The first kappa shape index (κ1) is 10.5. The molecule has 76 valence electrons. The van der Waals surface area contributed by atoms with E-state index in [2.05, 4.69) is 10.1 Å². The first-order chi connectivity index (χ1) is 6.68. The average molecular weight is 193 g/mol. The zero-order valence-corrected chi connectivity index (χ0v) is 8.96. The third-order valence-electron chi connectivity index (χ3n) is 1.99. The van der Waals surface area contributed by atoms with Crippen LogP contribution in [0.15, 0.2) is 17.1 Å². The molecule has 0 aliphatic heterocycles. The van der Waals surface area contributed by atoms with Crippen molar-refractivity contribution in [2.75, 3.05) is 0 Å². The topological polar surface area (TPSA) is 50.2 Å². The van der Waals surface area contributed by atoms with E-state index in [4.69, 9.17) is 0 Å². The van der Waals surface area contributed by atoms with E-state index < -0.39 is 0 Å². The molecule has 0 atom stereocenters. The molecule has 0 bridgehead atoms. The summed E-state index contributed by atoms with van der Waals surface area (Å²) in [5.74, 6) is 0. The molecule has 0 aromatic carbocycles. The largest absolute Gasteiger partial charge is 0.307 e. The third-order valence-corrected chi connectivity index (χ3v) is 1.99. The summed E-state index contributed by atoms with van der Waals surface area (Å²) in [5.41, 5.74) is 2.65. The zero-order valence-electron chi connectivity index (χ0n) is 8.96. The van der Waals surface area contributed by atoms with Crippen molar-refractivity contribution in [1.82, 2.24) is 14.6 Å². The molecule has 14 heavy (non-hydrogen) atoms. The Morgan fingerprint density at radius 3 is 2.64 bits per heavy atom. The molecule has 2 rings (SSSR count). The minimum atomic E-state index is -0.0921. The molecule has 2 aromatic rings. The van der Waals surface area contributed by atoms with E-state index in [1.54, 1.807) is 10.7 Å². The molecule has 0 aliphatic carbocycles. The summed E-state index contributed by atoms with van der Waals surface area (Å²) in [5, 5.41) is 4.20. The van der Waals surface area contributed by atoms with Gasteiger partial charge < -0.3 is 4.98 Å². The van der Waals surface area contributed by atoms with Crippen molar-refractivity contribution in [2.45, 2.75) is 27.7 Å². The first-order valence-corrected chi connectivity index (χ1v) is 4.73. The maximum absolute atomic E-state index is 10.9. The smallest absolute Gasteiger partial charge is 0.251 e. The van der Waals surface area contributed by atoms with Crippen molar-refractivity contribution >= 4 is 5.65 Å². The Kier molecular flexibility index (Phi) is 3.06. The number of nitrogens with one attached hydrogen (secondary N) is 1. The number of H-pyrrole nitrogens is 1. The van der Waals surface area contributed by atoms with Crippen LogP contribution in [0.4, 0.5) is 0 Å². The van der Waals surface area contributed by atoms with E-state index in [9.17, 15) is 4.79 Å². The number of hydrogen-bond donors (Lipinski definition) is 1. The fraction of sp³-hybridized carbons (Fsp3) is 0.400. The summed E-state index contributed by atoms with van der Waals surface area (Å²) in [6.45, 7) is 7.86. The number of hydrogen-bond acceptors (Lipinski definition) is 2. The lowest BCUT2D eigenvalue weighted by Crippen LogP contribution is -2.05. The molecule has 2 heterocycles. The van der Waals surface area contributed by atoms with Crippen LogP contribution in [0.1, 0.15) is 25.1 Å². The molecule has 0 aliphatic rings. The Bertz CT molecular complexity index is 482. The third kappa shape index (κ3) is 1.69. The Hall–Kier alpha value is -1.58. The number of aromatic nitrogens is 3. The van der Waals surface area contributed by atoms with Gasteiger partial charge in [0.2, 0.25) is 0 Å². The fourth-order valence-corrected chi connectivity index (χ4v) is 1.19. The maximum Gasteiger partial charge on any atom is 0.251 e. The minimum absolute atomic E-state index is 0.0921. The average Bonchev–Trinajstić information content (AvgIpc) is 2.48. The number of aromatic amines is 1. The molecule has 4 heteroatoms. The second-order valence-corrected chi connectivity index (χ2v) is 2.81. The van der Waals surface area contributed by atoms with E-state index >= 15 is 0 Å². The maximum atomic E-state index is 10.9. The van der Waals surface area contributed by atoms with Gasteiger partial charge >= 0.3 is 0 Å². The normalized spacial score (nSPS) is 9.71. The highest BCUT2D eigenvalue weighted by Crippen LogP contribution is 2.08. The van der Waals surface area contributed by atoms with E-state index in [1.165, 1.54) is 6.07 Å². The highest BCUT2D eigenvalue weighted by atomic mass is 16.1. The second kappa shape index (κ2) is 4.09. The highest BCUT2D eigenvalue weighted by molar-refractivity contribution is 5.47. The van der Waals surface area contributed by atoms with Gasteiger partial charge in [-0.15, -0.1) is 0 Å². The lowest BCUT2D eigenvalue weighted by atomic mass is 10.3. The summed E-state index contributed by atoms with van der Waals surface area (Å²) in [6.07, 6.45) is 1.66. The molecule has 0 unspecified atom stereocenters. The van der Waals surface area contributed by atoms with Gasteiger partial charge in [0, 0.05) is 17.8 Å². The van der Waals surface area contributed by atoms with Crippen LogP contribution in [-0.2, 0) is 0 Å². The van der Waals surface area contributed by atoms with Gasteiger partial charge in [-0.3, -0.25) is 4.79 Å². The highest BCUT2D eigenvalue weighted by Gasteiger charge is 2.03. The quantitative estimate of drug-likeness (QED) is 0.691. The Morgan fingerprint density at radius 1 is 1.36 bits per heavy atom. The van der Waals surface area contributed by atoms with Gasteiger partial charge in [0.1, 0.15) is 5.65 Å². The van der Waals surface area contributed by atoms with E-state index in [-0.39, 0.29) is 5.56 Å². The van der Waals surface area contributed by atoms with E-state index in [1.807, 2.05) is 27.7 Å². The Labute approximate surface area is 82.6 Å². The summed E-state index contributed by atoms with van der Waals surface area (Å²) in [7, 11) is 0. The van der Waals surface area contributed by atoms with Crippen LogP contribution >= 0.6 is 0 Å². The van der Waals surface area contributed by atoms with Gasteiger partial charge in [0.05, 0.1) is 5.69 Å². The molecule has 0 spiro atoms. The van der Waals surface area contributed by atoms with Gasteiger partial charge in [-0.25, -0.2) is 4.52 Å². The molecular formula is C10H15N3O. The summed E-state index contributed by atoms with van der Waals surface area (Å²) < 4.78 is 1.67. The molecule has 0 saturated carbocycles. The van der Waals surface area contributed by atoms with Crippen molar-refractivity contribution in [3.8, 4) is 0 Å². The molecule has 1 N–H and O–H groups in total. The molecule has 0 amide bonds. The van der Waals surface area contributed by atoms with Gasteiger partial charge in [0.25, 0.3) is 5.56 Å². The van der Waals surface area contributed by atoms with Gasteiger partial charge in [-0.2, -0.15) is 5.10 Å². The van der Waals surface area contributed by atoms with Gasteiger partial charge in [0.15, 0.2) is 0 Å². The van der Waals surface area contributed by atoms with Gasteiger partial charge in [-0.05, 0) is 13.8 Å². The number of fused-ring (bicyclic) bond motifs is 1. The predicted octanol–water partition coefficient (Wildman–Crippen LogP) is 1.67. The van der Waals surface area contributed by atoms with Crippen LogP contribution in [0, 0.1) is 13.8 Å². The first-order valence-electron chi connectivity index (χ1n) is 4.73. The van der Waals surface area contributed by atoms with Crippen molar-refractivity contribution in [2.24, 2.45) is 0 Å². The molecular weight excluding hydrogens is 178 g/mol. The zero-order chi connectivity index (χ0) is 10.7. The minimum Gasteiger partial charge on any atom is -0.307 e. The van der Waals surface area contributed by atoms with Crippen molar-refractivity contribution in [1.29, 1.82) is 0 Å². The van der Waals surface area contributed by atoms with Crippen LogP contribution in [0.3, 0.4) is 0 Å². The number of nitrogens with zero attached hydrogens (tertiary/aromatic N) is 2. The van der Waals surface area contributed by atoms with Crippen LogP contribution in [0.5, 0.6) is 0 Å². The summed E-state index contributed by atoms with van der Waals surface area (Å²) >= 11 is 0. The SMILES string of the molecule is CC.Cc1nn2ccc(=O)[nH]c2c1C. The van der Waals surface area contributed by atoms with Crippen molar-refractivity contribution in [3.63, 3.8) is 0 Å². The van der Waals surface area contributed by atoms with E-state index in [0.29, 0.717) is 0 Å². The summed E-state index contributed by atoms with van der Waals surface area (Å²) in [6, 6.07) is 1.46. The van der Waals surface area contributed by atoms with Gasteiger partial charge in [-0.1, -0.05) is 13.8 Å². The predicted molar refractivity (Wildman–Crippen MR) is 56.6 cm³/mol. The fourth-order valence-electron chi connectivity index (χ4n) is 1.19. The molecule has 4 nitrogen and oxygen atoms in total. The Balaban J connectivity index is 0.000000461. The molecule has 2 aromatic heterocycles. The van der Waals surface area contributed by atoms with Crippen LogP contribution in [0.2, 0.25) is 0 Å².